The molecule has 5 heteroatoms. The number of rotatable bonds is 6. The Hall–Kier alpha value is -0.620. The first-order chi connectivity index (χ1) is 5.66. The molecule has 5 nitrogen and oxygen atoms in total. The molecule has 72 valence electrons. The van der Waals surface area contributed by atoms with Crippen molar-refractivity contribution in [1.82, 2.24) is 0 Å². The first-order valence-corrected chi connectivity index (χ1v) is 3.64. The molecule has 0 aliphatic rings. The average molecular weight is 177 g/mol. The van der Waals surface area contributed by atoms with Gasteiger partial charge in [0.05, 0.1) is 25.6 Å². The number of ether oxygens (including phenoxy) is 2. The third-order valence-corrected chi connectivity index (χ3v) is 1.11. The summed E-state index contributed by atoms with van der Waals surface area (Å²) in [5.41, 5.74) is 4.89. The molecule has 0 aromatic rings. The normalized spacial score (nSPS) is 16.6. The fraction of sp³-hybridized carbons (Fsp3) is 0.714. The Bertz CT molecular complexity index is 127. The molecule has 0 saturated carbocycles. The summed E-state index contributed by atoms with van der Waals surface area (Å²) in [4.78, 5) is 0. The predicted octanol–water partition coefficient (Wildman–Crippen LogP) is -0.286. The Morgan fingerprint density at radius 2 is 2.00 bits per heavy atom. The van der Waals surface area contributed by atoms with E-state index in [9.17, 15) is 0 Å². The maximum absolute atomic E-state index is 8.47. The van der Waals surface area contributed by atoms with Gasteiger partial charge < -0.3 is 19.7 Å². The largest absolute Gasteiger partial charge is 0.516 e. The maximum atomic E-state index is 8.47. The Kier molecular flexibility index (Phi) is 6.69. The van der Waals surface area contributed by atoms with Crippen LogP contribution in [0.4, 0.5) is 0 Å². The van der Waals surface area contributed by atoms with Gasteiger partial charge in [-0.1, -0.05) is 0 Å². The fourth-order valence-electron chi connectivity index (χ4n) is 0.580. The quantitative estimate of drug-likeness (QED) is 0.295. The minimum absolute atomic E-state index is 0.173. The van der Waals surface area contributed by atoms with Gasteiger partial charge >= 0.3 is 0 Å². The molecular weight excluding hydrogens is 162 g/mol. The highest BCUT2D eigenvalue weighted by Gasteiger charge is 1.97. The number of nitrogens with two attached hydrogens (primary N) is 1. The van der Waals surface area contributed by atoms with Crippen molar-refractivity contribution in [3.63, 3.8) is 0 Å². The van der Waals surface area contributed by atoms with E-state index in [1.54, 1.807) is 6.92 Å². The van der Waals surface area contributed by atoms with Crippen LogP contribution in [0, 0.1) is 0 Å². The number of aliphatic hydroxyl groups is 2. The summed E-state index contributed by atoms with van der Waals surface area (Å²) >= 11 is 0. The van der Waals surface area contributed by atoms with Crippen LogP contribution in [0.15, 0.2) is 12.3 Å². The lowest BCUT2D eigenvalue weighted by atomic mass is 10.4. The zero-order valence-electron chi connectivity index (χ0n) is 7.01. The highest BCUT2D eigenvalue weighted by Crippen LogP contribution is 1.91. The molecule has 0 aromatic heterocycles. The molecule has 0 amide bonds. The molecule has 2 atom stereocenters. The lowest BCUT2D eigenvalue weighted by Crippen LogP contribution is -2.25. The number of hydrogen-bond donors (Lipinski definition) is 3. The maximum Gasteiger partial charge on any atom is 0.210 e. The van der Waals surface area contributed by atoms with Crippen LogP contribution < -0.4 is 5.73 Å². The molecule has 0 heterocycles. The van der Waals surface area contributed by atoms with Gasteiger partial charge in [0, 0.05) is 0 Å². The van der Waals surface area contributed by atoms with Crippen molar-refractivity contribution in [1.29, 1.82) is 0 Å². The smallest absolute Gasteiger partial charge is 0.210 e. The predicted molar refractivity (Wildman–Crippen MR) is 43.3 cm³/mol. The summed E-state index contributed by atoms with van der Waals surface area (Å²) in [6.45, 7) is 2.31. The molecule has 4 N–H and O–H groups in total. The van der Waals surface area contributed by atoms with E-state index in [1.165, 1.54) is 6.08 Å². The van der Waals surface area contributed by atoms with Gasteiger partial charge in [0.25, 0.3) is 0 Å². The summed E-state index contributed by atoms with van der Waals surface area (Å²) in [6.07, 6.45) is 0.980. The highest BCUT2D eigenvalue weighted by atomic mass is 16.6. The molecule has 0 aromatic carbocycles. The Morgan fingerprint density at radius 1 is 1.42 bits per heavy atom. The molecule has 0 radical (unpaired) electrons. The van der Waals surface area contributed by atoms with Crippen molar-refractivity contribution in [2.75, 3.05) is 13.2 Å². The van der Waals surface area contributed by atoms with Crippen LogP contribution in [0.25, 0.3) is 0 Å². The number of hydrogen-bond acceptors (Lipinski definition) is 5. The fourth-order valence-corrected chi connectivity index (χ4v) is 0.580. The third-order valence-electron chi connectivity index (χ3n) is 1.11. The van der Waals surface area contributed by atoms with E-state index < -0.39 is 6.41 Å². The highest BCUT2D eigenvalue weighted by molar-refractivity contribution is 4.79. The summed E-state index contributed by atoms with van der Waals surface area (Å²) in [6, 6.07) is 0. The van der Waals surface area contributed by atoms with E-state index in [2.05, 4.69) is 4.74 Å². The van der Waals surface area contributed by atoms with Crippen LogP contribution in [-0.2, 0) is 9.47 Å². The summed E-state index contributed by atoms with van der Waals surface area (Å²) < 4.78 is 9.69. The molecule has 12 heavy (non-hydrogen) atoms. The molecule has 0 rings (SSSR count). The summed E-state index contributed by atoms with van der Waals surface area (Å²) in [5.74, 6) is 0. The van der Waals surface area contributed by atoms with Gasteiger partial charge in [-0.05, 0) is 13.0 Å². The minimum Gasteiger partial charge on any atom is -0.516 e. The molecule has 0 aliphatic carbocycles. The van der Waals surface area contributed by atoms with Gasteiger partial charge in [-0.2, -0.15) is 0 Å². The van der Waals surface area contributed by atoms with Crippen LogP contribution in [0.5, 0.6) is 0 Å². The molecule has 2 unspecified atom stereocenters. The van der Waals surface area contributed by atoms with E-state index in [-0.39, 0.29) is 12.7 Å². The van der Waals surface area contributed by atoms with Gasteiger partial charge in [-0.15, -0.1) is 0 Å². The van der Waals surface area contributed by atoms with Crippen LogP contribution in [-0.4, -0.2) is 35.9 Å². The molecule has 0 saturated heterocycles. The van der Waals surface area contributed by atoms with Gasteiger partial charge in [0.1, 0.15) is 0 Å². The topological polar surface area (TPSA) is 84.9 Å². The van der Waals surface area contributed by atoms with E-state index in [0.717, 1.165) is 6.26 Å². The minimum atomic E-state index is -1.25. The second kappa shape index (κ2) is 7.05. The van der Waals surface area contributed by atoms with Gasteiger partial charge in [-0.25, -0.2) is 0 Å². The summed E-state index contributed by atoms with van der Waals surface area (Å²) in [7, 11) is 0. The van der Waals surface area contributed by atoms with E-state index >= 15 is 0 Å². The zero-order valence-corrected chi connectivity index (χ0v) is 7.01. The molecule has 0 fully saturated rings. The average Bonchev–Trinajstić information content (AvgIpc) is 1.98. The molecule has 0 bridgehead atoms. The summed E-state index contributed by atoms with van der Waals surface area (Å²) in [5, 5.41) is 16.8. The van der Waals surface area contributed by atoms with Crippen molar-refractivity contribution in [2.24, 2.45) is 5.73 Å². The van der Waals surface area contributed by atoms with Crippen LogP contribution >= 0.6 is 0 Å². The zero-order chi connectivity index (χ0) is 9.40. The lowest BCUT2D eigenvalue weighted by Gasteiger charge is -2.09. The van der Waals surface area contributed by atoms with Gasteiger partial charge in [0.2, 0.25) is 6.41 Å². The van der Waals surface area contributed by atoms with Gasteiger partial charge in [-0.3, -0.25) is 5.73 Å². The standard InChI is InChI=1S/C7H15NO4/c1-6(2-3-9)11-4-5-12-7(8)10/h2-3,6-7,9-10H,4-5,8H2,1H3/b3-2+. The SMILES string of the molecule is CC(/C=C/O)OCCOC(N)O. The van der Waals surface area contributed by atoms with Crippen molar-refractivity contribution in [3.05, 3.63) is 12.3 Å². The Labute approximate surface area is 71.4 Å². The van der Waals surface area contributed by atoms with E-state index in [0.29, 0.717) is 6.61 Å². The monoisotopic (exact) mass is 177 g/mol. The van der Waals surface area contributed by atoms with E-state index in [4.69, 9.17) is 20.7 Å². The van der Waals surface area contributed by atoms with Crippen molar-refractivity contribution >= 4 is 0 Å². The lowest BCUT2D eigenvalue weighted by molar-refractivity contribution is -0.110. The molecule has 0 aliphatic heterocycles. The van der Waals surface area contributed by atoms with Crippen LogP contribution in [0.2, 0.25) is 0 Å². The van der Waals surface area contributed by atoms with Crippen molar-refractivity contribution in [3.8, 4) is 0 Å². The first kappa shape index (κ1) is 11.4. The van der Waals surface area contributed by atoms with Crippen LogP contribution in [0.3, 0.4) is 0 Å². The second-order valence-corrected chi connectivity index (χ2v) is 2.18. The Balaban J connectivity index is 3.19. The molecule has 0 spiro atoms. The van der Waals surface area contributed by atoms with Gasteiger partial charge in [0.15, 0.2) is 0 Å². The van der Waals surface area contributed by atoms with E-state index in [1.807, 2.05) is 0 Å². The number of aliphatic hydroxyl groups excluding tert-OH is 2. The molecular formula is C7H15NO4. The van der Waals surface area contributed by atoms with Crippen molar-refractivity contribution in [2.45, 2.75) is 19.4 Å². The second-order valence-electron chi connectivity index (χ2n) is 2.18. The first-order valence-electron chi connectivity index (χ1n) is 3.64. The van der Waals surface area contributed by atoms with Crippen molar-refractivity contribution < 1.29 is 19.7 Å². The Morgan fingerprint density at radius 3 is 2.50 bits per heavy atom. The van der Waals surface area contributed by atoms with Crippen LogP contribution in [0.1, 0.15) is 6.92 Å². The third kappa shape index (κ3) is 7.49.